The molecule has 1 aliphatic rings. The van der Waals surface area contributed by atoms with Crippen LogP contribution in [-0.4, -0.2) is 25.7 Å². The Balaban J connectivity index is 1.88. The Bertz CT molecular complexity index is 301. The van der Waals surface area contributed by atoms with Crippen LogP contribution < -0.4 is 16.0 Å². The first-order valence-electron chi connectivity index (χ1n) is 6.19. The summed E-state index contributed by atoms with van der Waals surface area (Å²) in [7, 11) is 0. The zero-order chi connectivity index (χ0) is 11.2. The van der Waals surface area contributed by atoms with Gasteiger partial charge in [0.25, 0.3) is 0 Å². The van der Waals surface area contributed by atoms with E-state index in [-0.39, 0.29) is 0 Å². The Morgan fingerprint density at radius 2 is 2.00 bits per heavy atom. The van der Waals surface area contributed by atoms with Gasteiger partial charge in [-0.2, -0.15) is 0 Å². The van der Waals surface area contributed by atoms with Crippen LogP contribution in [-0.2, 0) is 0 Å². The highest BCUT2D eigenvalue weighted by Gasteiger charge is 2.11. The molecule has 3 heteroatoms. The molecule has 0 radical (unpaired) electrons. The van der Waals surface area contributed by atoms with Crippen molar-refractivity contribution in [2.45, 2.75) is 25.8 Å². The molecule has 1 aliphatic heterocycles. The van der Waals surface area contributed by atoms with Gasteiger partial charge in [0.15, 0.2) is 0 Å². The van der Waals surface area contributed by atoms with Gasteiger partial charge in [-0.1, -0.05) is 0 Å². The van der Waals surface area contributed by atoms with E-state index in [1.165, 1.54) is 24.2 Å². The smallest absolute Gasteiger partial charge is 0.0386 e. The standard InChI is InChI=1S/C13H21N3/c1-2-15-11-5-7-12(8-6-11)16-13-4-3-9-14-10-13/h5-8,13-16H,2-4,9-10H2,1H3. The first-order valence-corrected chi connectivity index (χ1v) is 6.19. The van der Waals surface area contributed by atoms with Crippen LogP contribution in [0.4, 0.5) is 11.4 Å². The Hall–Kier alpha value is -1.22. The highest BCUT2D eigenvalue weighted by atomic mass is 15.0. The summed E-state index contributed by atoms with van der Waals surface area (Å²) in [5.74, 6) is 0. The summed E-state index contributed by atoms with van der Waals surface area (Å²) in [5, 5.41) is 10.3. The summed E-state index contributed by atoms with van der Waals surface area (Å²) >= 11 is 0. The van der Waals surface area contributed by atoms with E-state index in [4.69, 9.17) is 0 Å². The number of hydrogen-bond donors (Lipinski definition) is 3. The number of nitrogens with one attached hydrogen (secondary N) is 3. The predicted molar refractivity (Wildman–Crippen MR) is 70.1 cm³/mol. The number of hydrogen-bond acceptors (Lipinski definition) is 3. The van der Waals surface area contributed by atoms with Crippen molar-refractivity contribution in [3.8, 4) is 0 Å². The van der Waals surface area contributed by atoms with Crippen LogP contribution >= 0.6 is 0 Å². The average molecular weight is 219 g/mol. The van der Waals surface area contributed by atoms with Gasteiger partial charge in [-0.25, -0.2) is 0 Å². The first-order chi connectivity index (χ1) is 7.88. The van der Waals surface area contributed by atoms with Gasteiger partial charge in [-0.05, 0) is 50.6 Å². The fraction of sp³-hybridized carbons (Fsp3) is 0.538. The maximum Gasteiger partial charge on any atom is 0.0386 e. The van der Waals surface area contributed by atoms with Crippen molar-refractivity contribution >= 4 is 11.4 Å². The van der Waals surface area contributed by atoms with E-state index in [9.17, 15) is 0 Å². The normalized spacial score (nSPS) is 20.4. The van der Waals surface area contributed by atoms with Crippen molar-refractivity contribution in [3.63, 3.8) is 0 Å². The van der Waals surface area contributed by atoms with E-state index >= 15 is 0 Å². The molecule has 1 fully saturated rings. The van der Waals surface area contributed by atoms with Gasteiger partial charge in [0.05, 0.1) is 0 Å². The summed E-state index contributed by atoms with van der Waals surface area (Å²) in [6.45, 7) is 5.33. The molecule has 0 saturated carbocycles. The van der Waals surface area contributed by atoms with Gasteiger partial charge in [0.1, 0.15) is 0 Å². The van der Waals surface area contributed by atoms with Crippen molar-refractivity contribution in [3.05, 3.63) is 24.3 Å². The molecule has 0 bridgehead atoms. The molecule has 1 saturated heterocycles. The minimum Gasteiger partial charge on any atom is -0.385 e. The fourth-order valence-corrected chi connectivity index (χ4v) is 2.10. The summed E-state index contributed by atoms with van der Waals surface area (Å²) in [4.78, 5) is 0. The van der Waals surface area contributed by atoms with E-state index < -0.39 is 0 Å². The topological polar surface area (TPSA) is 36.1 Å². The fourth-order valence-electron chi connectivity index (χ4n) is 2.10. The van der Waals surface area contributed by atoms with Gasteiger partial charge in [0, 0.05) is 30.5 Å². The van der Waals surface area contributed by atoms with E-state index in [1.54, 1.807) is 0 Å². The third kappa shape index (κ3) is 3.14. The van der Waals surface area contributed by atoms with Gasteiger partial charge in [-0.3, -0.25) is 0 Å². The summed E-state index contributed by atoms with van der Waals surface area (Å²) in [5.41, 5.74) is 2.41. The lowest BCUT2D eigenvalue weighted by Crippen LogP contribution is -2.38. The quantitative estimate of drug-likeness (QED) is 0.727. The molecule has 1 unspecified atom stereocenters. The molecule has 3 nitrogen and oxygen atoms in total. The van der Waals surface area contributed by atoms with Gasteiger partial charge in [-0.15, -0.1) is 0 Å². The Labute approximate surface area is 97.6 Å². The maximum atomic E-state index is 3.56. The zero-order valence-corrected chi connectivity index (χ0v) is 9.92. The highest BCUT2D eigenvalue weighted by Crippen LogP contribution is 2.16. The minimum atomic E-state index is 0.582. The Morgan fingerprint density at radius 1 is 1.25 bits per heavy atom. The number of benzene rings is 1. The third-order valence-corrected chi connectivity index (χ3v) is 2.93. The lowest BCUT2D eigenvalue weighted by Gasteiger charge is -2.24. The van der Waals surface area contributed by atoms with Crippen LogP contribution in [0.3, 0.4) is 0 Å². The second-order valence-corrected chi connectivity index (χ2v) is 4.30. The molecule has 0 spiro atoms. The largest absolute Gasteiger partial charge is 0.385 e. The van der Waals surface area contributed by atoms with E-state index in [0.29, 0.717) is 6.04 Å². The molecule has 1 aromatic carbocycles. The molecule has 1 heterocycles. The lowest BCUT2D eigenvalue weighted by molar-refractivity contribution is 0.480. The average Bonchev–Trinajstić information content (AvgIpc) is 2.33. The van der Waals surface area contributed by atoms with Crippen molar-refractivity contribution in [1.29, 1.82) is 0 Å². The Morgan fingerprint density at radius 3 is 2.62 bits per heavy atom. The molecular formula is C13H21N3. The SMILES string of the molecule is CCNc1ccc(NC2CCCNC2)cc1. The Kier molecular flexibility index (Phi) is 4.05. The molecule has 0 aromatic heterocycles. The van der Waals surface area contributed by atoms with Crippen LogP contribution in [0, 0.1) is 0 Å². The van der Waals surface area contributed by atoms with Crippen LogP contribution in [0.25, 0.3) is 0 Å². The van der Waals surface area contributed by atoms with E-state index in [1.807, 2.05) is 0 Å². The maximum absolute atomic E-state index is 3.56. The molecule has 3 N–H and O–H groups in total. The number of rotatable bonds is 4. The molecule has 0 amide bonds. The monoisotopic (exact) mass is 219 g/mol. The first kappa shape index (κ1) is 11.3. The molecule has 1 atom stereocenters. The van der Waals surface area contributed by atoms with Crippen LogP contribution in [0.15, 0.2) is 24.3 Å². The second kappa shape index (κ2) is 5.75. The van der Waals surface area contributed by atoms with Crippen LogP contribution in [0.5, 0.6) is 0 Å². The summed E-state index contributed by atoms with van der Waals surface area (Å²) in [6, 6.07) is 9.13. The van der Waals surface area contributed by atoms with Gasteiger partial charge in [0.2, 0.25) is 0 Å². The highest BCUT2D eigenvalue weighted by molar-refractivity contribution is 5.53. The predicted octanol–water partition coefficient (Wildman–Crippen LogP) is 2.28. The van der Waals surface area contributed by atoms with Crippen molar-refractivity contribution < 1.29 is 0 Å². The van der Waals surface area contributed by atoms with Crippen molar-refractivity contribution in [2.24, 2.45) is 0 Å². The lowest BCUT2D eigenvalue weighted by atomic mass is 10.1. The van der Waals surface area contributed by atoms with Gasteiger partial charge >= 0.3 is 0 Å². The summed E-state index contributed by atoms with van der Waals surface area (Å²) in [6.07, 6.45) is 2.54. The van der Waals surface area contributed by atoms with Crippen LogP contribution in [0.1, 0.15) is 19.8 Å². The molecule has 2 rings (SSSR count). The zero-order valence-electron chi connectivity index (χ0n) is 9.92. The van der Waals surface area contributed by atoms with Crippen molar-refractivity contribution in [2.75, 3.05) is 30.3 Å². The molecule has 1 aromatic rings. The molecule has 16 heavy (non-hydrogen) atoms. The number of anilines is 2. The third-order valence-electron chi connectivity index (χ3n) is 2.93. The van der Waals surface area contributed by atoms with E-state index in [0.717, 1.165) is 19.6 Å². The summed E-state index contributed by atoms with van der Waals surface area (Å²) < 4.78 is 0. The number of piperidine rings is 1. The minimum absolute atomic E-state index is 0.582. The van der Waals surface area contributed by atoms with Crippen LogP contribution in [0.2, 0.25) is 0 Å². The van der Waals surface area contributed by atoms with E-state index in [2.05, 4.69) is 47.1 Å². The second-order valence-electron chi connectivity index (χ2n) is 4.30. The van der Waals surface area contributed by atoms with Crippen molar-refractivity contribution in [1.82, 2.24) is 5.32 Å². The van der Waals surface area contributed by atoms with Gasteiger partial charge < -0.3 is 16.0 Å². The molecule has 88 valence electrons. The molecular weight excluding hydrogens is 198 g/mol. The molecule has 0 aliphatic carbocycles.